The van der Waals surface area contributed by atoms with E-state index >= 15 is 0 Å². The fourth-order valence-electron chi connectivity index (χ4n) is 5.77. The van der Waals surface area contributed by atoms with Gasteiger partial charge in [-0.05, 0) is 55.0 Å². The van der Waals surface area contributed by atoms with Gasteiger partial charge in [0.25, 0.3) is 0 Å². The van der Waals surface area contributed by atoms with Crippen molar-refractivity contribution in [2.45, 2.75) is 58.9 Å². The smallest absolute Gasteiger partial charge is 0.308 e. The fraction of sp³-hybridized carbons (Fsp3) is 0.500. The first-order valence-corrected chi connectivity index (χ1v) is 13.4. The number of amides is 1. The summed E-state index contributed by atoms with van der Waals surface area (Å²) < 4.78 is 11.1. The summed E-state index contributed by atoms with van der Waals surface area (Å²) in [7, 11) is 0. The molecule has 0 aliphatic carbocycles. The third-order valence-electron chi connectivity index (χ3n) is 7.54. The van der Waals surface area contributed by atoms with Crippen molar-refractivity contribution in [3.63, 3.8) is 0 Å². The standard InChI is InChI=1S/C30H39N3O5/c1-5-7-14-33(22-9-8-13-31-17-22)27(34)19-32-18-23(21-10-11-25-26(15-21)38-20-37-25)28(29(35)36)24(32)16-30(3,4)12-6-2/h6,8-13,15,17,23-24,28H,5,7,14,16,18-20H2,1-4H3,(H,35,36)/t23-,24+,28?/m1/s1. The number of nitrogens with zero attached hydrogens (tertiary/aromatic N) is 3. The van der Waals surface area contributed by atoms with Gasteiger partial charge in [-0.1, -0.05) is 45.4 Å². The van der Waals surface area contributed by atoms with E-state index in [0.717, 1.165) is 24.1 Å². The minimum absolute atomic E-state index is 0.0456. The zero-order chi connectivity index (χ0) is 27.3. The Hall–Kier alpha value is -3.39. The molecule has 2 aliphatic rings. The van der Waals surface area contributed by atoms with Crippen LogP contribution in [0, 0.1) is 11.3 Å². The maximum Gasteiger partial charge on any atom is 0.308 e. The van der Waals surface area contributed by atoms with Crippen LogP contribution in [0.4, 0.5) is 5.69 Å². The summed E-state index contributed by atoms with van der Waals surface area (Å²) in [5.74, 6) is -0.553. The summed E-state index contributed by atoms with van der Waals surface area (Å²) in [6, 6.07) is 9.07. The number of carbonyl (C=O) groups is 2. The molecule has 204 valence electrons. The predicted molar refractivity (Wildman–Crippen MR) is 147 cm³/mol. The average Bonchev–Trinajstić information content (AvgIpc) is 3.49. The zero-order valence-corrected chi connectivity index (χ0v) is 22.8. The molecular formula is C30H39N3O5. The second-order valence-corrected chi connectivity index (χ2v) is 10.9. The van der Waals surface area contributed by atoms with Gasteiger partial charge in [-0.25, -0.2) is 0 Å². The number of hydrogen-bond donors (Lipinski definition) is 1. The molecule has 38 heavy (non-hydrogen) atoms. The highest BCUT2D eigenvalue weighted by Gasteiger charge is 2.48. The SMILES string of the molecule is CC=CC(C)(C)C[C@H]1C(C(=O)O)[C@@H](c2ccc3c(c2)OCO3)CN1CC(=O)N(CCCC)c1cccnc1. The molecule has 1 amide bonds. The zero-order valence-electron chi connectivity index (χ0n) is 22.8. The van der Waals surface area contributed by atoms with Gasteiger partial charge in [0.2, 0.25) is 12.7 Å². The van der Waals surface area contributed by atoms with E-state index in [1.165, 1.54) is 0 Å². The quantitative estimate of drug-likeness (QED) is 0.411. The van der Waals surface area contributed by atoms with Crippen molar-refractivity contribution >= 4 is 17.6 Å². The lowest BCUT2D eigenvalue weighted by Gasteiger charge is -2.34. The van der Waals surface area contributed by atoms with Gasteiger partial charge in [-0.3, -0.25) is 19.5 Å². The summed E-state index contributed by atoms with van der Waals surface area (Å²) in [6.07, 6.45) is 9.97. The maximum atomic E-state index is 13.8. The molecule has 2 aliphatic heterocycles. The summed E-state index contributed by atoms with van der Waals surface area (Å²) in [4.78, 5) is 34.6. The molecule has 1 N–H and O–H groups in total. The summed E-state index contributed by atoms with van der Waals surface area (Å²) in [5.41, 5.74) is 1.42. The number of rotatable bonds is 11. The second kappa shape index (κ2) is 12.0. The molecule has 4 rings (SSSR count). The molecule has 1 unspecified atom stereocenters. The lowest BCUT2D eigenvalue weighted by atomic mass is 9.77. The van der Waals surface area contributed by atoms with Gasteiger partial charge in [0.05, 0.1) is 24.3 Å². The van der Waals surface area contributed by atoms with E-state index in [9.17, 15) is 14.7 Å². The number of anilines is 1. The van der Waals surface area contributed by atoms with Crippen LogP contribution in [0.3, 0.4) is 0 Å². The van der Waals surface area contributed by atoms with E-state index in [4.69, 9.17) is 9.47 Å². The van der Waals surface area contributed by atoms with Crippen LogP contribution < -0.4 is 14.4 Å². The van der Waals surface area contributed by atoms with Crippen LogP contribution in [-0.2, 0) is 9.59 Å². The molecule has 1 aromatic carbocycles. The number of fused-ring (bicyclic) bond motifs is 1. The van der Waals surface area contributed by atoms with Crippen molar-refractivity contribution in [3.8, 4) is 11.5 Å². The van der Waals surface area contributed by atoms with Crippen molar-refractivity contribution in [2.24, 2.45) is 11.3 Å². The molecule has 8 heteroatoms. The van der Waals surface area contributed by atoms with Gasteiger partial charge in [0.1, 0.15) is 0 Å². The van der Waals surface area contributed by atoms with Crippen LogP contribution in [0.2, 0.25) is 0 Å². The number of hydrogen-bond acceptors (Lipinski definition) is 6. The average molecular weight is 522 g/mol. The minimum Gasteiger partial charge on any atom is -0.481 e. The van der Waals surface area contributed by atoms with Gasteiger partial charge in [-0.15, -0.1) is 0 Å². The number of carboxylic acid groups (broad SMARTS) is 1. The molecule has 3 heterocycles. The number of carbonyl (C=O) groups excluding carboxylic acids is 1. The Morgan fingerprint density at radius 3 is 2.71 bits per heavy atom. The fourth-order valence-corrected chi connectivity index (χ4v) is 5.77. The van der Waals surface area contributed by atoms with Crippen LogP contribution in [0.25, 0.3) is 0 Å². The Labute approximate surface area is 225 Å². The normalized spacial score (nSPS) is 21.2. The first-order valence-electron chi connectivity index (χ1n) is 13.4. The number of benzene rings is 1. The van der Waals surface area contributed by atoms with E-state index in [0.29, 0.717) is 31.0 Å². The van der Waals surface area contributed by atoms with E-state index in [1.54, 1.807) is 17.3 Å². The van der Waals surface area contributed by atoms with Crippen LogP contribution in [-0.4, -0.2) is 59.3 Å². The molecule has 0 saturated carbocycles. The summed E-state index contributed by atoms with van der Waals surface area (Å²) >= 11 is 0. The van der Waals surface area contributed by atoms with Gasteiger partial charge in [0.15, 0.2) is 11.5 Å². The number of carboxylic acids is 1. The second-order valence-electron chi connectivity index (χ2n) is 10.9. The molecule has 0 radical (unpaired) electrons. The van der Waals surface area contributed by atoms with E-state index in [1.807, 2.05) is 43.3 Å². The molecule has 1 saturated heterocycles. The Kier molecular flexibility index (Phi) is 8.72. The lowest BCUT2D eigenvalue weighted by molar-refractivity contribution is -0.143. The molecule has 3 atom stereocenters. The Morgan fingerprint density at radius 1 is 1.24 bits per heavy atom. The number of unbranched alkanes of at least 4 members (excludes halogenated alkanes) is 1. The maximum absolute atomic E-state index is 13.8. The van der Waals surface area contributed by atoms with Crippen molar-refractivity contribution in [2.75, 3.05) is 31.3 Å². The first kappa shape index (κ1) is 27.6. The van der Waals surface area contributed by atoms with Gasteiger partial charge >= 0.3 is 5.97 Å². The first-order chi connectivity index (χ1) is 18.2. The minimum atomic E-state index is -0.848. The van der Waals surface area contributed by atoms with Crippen LogP contribution in [0.15, 0.2) is 54.9 Å². The molecule has 1 fully saturated rings. The Morgan fingerprint density at radius 2 is 2.03 bits per heavy atom. The van der Waals surface area contributed by atoms with Crippen LogP contribution in [0.5, 0.6) is 11.5 Å². The third-order valence-corrected chi connectivity index (χ3v) is 7.54. The van der Waals surface area contributed by atoms with E-state index < -0.39 is 11.9 Å². The number of likely N-dealkylation sites (tertiary alicyclic amines) is 1. The molecule has 0 bridgehead atoms. The highest BCUT2D eigenvalue weighted by atomic mass is 16.7. The highest BCUT2D eigenvalue weighted by molar-refractivity contribution is 5.94. The van der Waals surface area contributed by atoms with Crippen LogP contribution >= 0.6 is 0 Å². The molecule has 2 aromatic rings. The lowest BCUT2D eigenvalue weighted by Crippen LogP contribution is -2.45. The number of pyridine rings is 1. The van der Waals surface area contributed by atoms with Crippen LogP contribution in [0.1, 0.15) is 58.4 Å². The number of aliphatic carboxylic acids is 1. The van der Waals surface area contributed by atoms with E-state index in [-0.39, 0.29) is 36.6 Å². The van der Waals surface area contributed by atoms with Crippen molar-refractivity contribution in [1.82, 2.24) is 9.88 Å². The van der Waals surface area contributed by atoms with Crippen molar-refractivity contribution < 1.29 is 24.2 Å². The molecular weight excluding hydrogens is 482 g/mol. The Bertz CT molecular complexity index is 1150. The third kappa shape index (κ3) is 6.18. The monoisotopic (exact) mass is 521 g/mol. The van der Waals surface area contributed by atoms with E-state index in [2.05, 4.69) is 36.7 Å². The predicted octanol–water partition coefficient (Wildman–Crippen LogP) is 5.10. The van der Waals surface area contributed by atoms with Crippen molar-refractivity contribution in [1.29, 1.82) is 0 Å². The highest BCUT2D eigenvalue weighted by Crippen LogP contribution is 2.45. The van der Waals surface area contributed by atoms with Gasteiger partial charge < -0.3 is 19.5 Å². The molecule has 1 aromatic heterocycles. The van der Waals surface area contributed by atoms with Gasteiger partial charge in [-0.2, -0.15) is 0 Å². The Balaban J connectivity index is 1.67. The summed E-state index contributed by atoms with van der Waals surface area (Å²) in [6.45, 7) is 9.66. The largest absolute Gasteiger partial charge is 0.481 e. The number of allylic oxidation sites excluding steroid dienone is 2. The number of ether oxygens (including phenoxy) is 2. The van der Waals surface area contributed by atoms with Gasteiger partial charge in [0, 0.05) is 31.2 Å². The summed E-state index contributed by atoms with van der Waals surface area (Å²) in [5, 5.41) is 10.5. The molecule has 0 spiro atoms. The molecule has 8 nitrogen and oxygen atoms in total. The van der Waals surface area contributed by atoms with Crippen molar-refractivity contribution in [3.05, 3.63) is 60.4 Å². The topological polar surface area (TPSA) is 92.2 Å². The number of aromatic nitrogens is 1.